The zero-order valence-electron chi connectivity index (χ0n) is 22.1. The van der Waals surface area contributed by atoms with Gasteiger partial charge in [-0.05, 0) is 38.8 Å². The van der Waals surface area contributed by atoms with Gasteiger partial charge in [-0.2, -0.15) is 10.5 Å². The summed E-state index contributed by atoms with van der Waals surface area (Å²) in [6.45, 7) is 9.36. The van der Waals surface area contributed by atoms with E-state index in [4.69, 9.17) is 4.74 Å². The van der Waals surface area contributed by atoms with E-state index in [9.17, 15) is 15.3 Å². The molecule has 0 aliphatic heterocycles. The number of nitriles is 2. The molecule has 0 unspecified atom stereocenters. The van der Waals surface area contributed by atoms with Crippen LogP contribution in [0.25, 0.3) is 0 Å². The number of ether oxygens (including phenoxy) is 1. The van der Waals surface area contributed by atoms with E-state index in [0.29, 0.717) is 61.1 Å². The standard InChI is InChI=1S/C26H30N10O2/c1-16-10-17(2)22(18(3)11-16)31-25-21(13-28)19(4)23(26(32-25)30-7-6-29-15-37)33-34-24-20(12-27)14-36(35-24)8-9-38-5/h10-11,14-15H,6-9H2,1-5H3,(H,29,37)(H2,30,31,32). The molecular formula is C26H30N10O2. The average molecular weight is 515 g/mol. The number of methoxy groups -OCH3 is 1. The molecule has 3 aromatic rings. The van der Waals surface area contributed by atoms with Gasteiger partial charge in [0.05, 0.1) is 18.7 Å². The van der Waals surface area contributed by atoms with Gasteiger partial charge in [0.1, 0.15) is 23.4 Å². The zero-order chi connectivity index (χ0) is 27.7. The van der Waals surface area contributed by atoms with Crippen LogP contribution in [0.1, 0.15) is 33.4 Å². The fourth-order valence-electron chi connectivity index (χ4n) is 3.94. The molecule has 0 spiro atoms. The average Bonchev–Trinajstić information content (AvgIpc) is 3.29. The number of benzene rings is 1. The van der Waals surface area contributed by atoms with Crippen LogP contribution in [0.2, 0.25) is 0 Å². The van der Waals surface area contributed by atoms with Crippen molar-refractivity contribution in [2.24, 2.45) is 10.2 Å². The molecule has 38 heavy (non-hydrogen) atoms. The molecule has 0 aliphatic rings. The molecule has 2 heterocycles. The zero-order valence-corrected chi connectivity index (χ0v) is 22.1. The third-order valence-corrected chi connectivity index (χ3v) is 5.72. The van der Waals surface area contributed by atoms with Crippen LogP contribution in [0.15, 0.2) is 28.6 Å². The van der Waals surface area contributed by atoms with Crippen molar-refractivity contribution >= 4 is 35.2 Å². The van der Waals surface area contributed by atoms with Crippen LogP contribution in [-0.4, -0.2) is 48.0 Å². The number of hydrogen-bond donors (Lipinski definition) is 3. The van der Waals surface area contributed by atoms with Crippen molar-refractivity contribution in [3.8, 4) is 12.1 Å². The van der Waals surface area contributed by atoms with Gasteiger partial charge < -0.3 is 20.7 Å². The van der Waals surface area contributed by atoms with Gasteiger partial charge in [-0.1, -0.05) is 17.7 Å². The first-order chi connectivity index (χ1) is 18.3. The maximum atomic E-state index is 10.7. The number of aryl methyl sites for hydroxylation is 3. The second-order valence-electron chi connectivity index (χ2n) is 8.60. The monoisotopic (exact) mass is 514 g/mol. The number of nitrogens with zero attached hydrogens (tertiary/aromatic N) is 7. The number of rotatable bonds is 12. The predicted octanol–water partition coefficient (Wildman–Crippen LogP) is 4.22. The van der Waals surface area contributed by atoms with Crippen molar-refractivity contribution in [1.82, 2.24) is 20.1 Å². The Bertz CT molecular complexity index is 1410. The number of azo groups is 1. The fraction of sp³-hybridized carbons (Fsp3) is 0.346. The Morgan fingerprint density at radius 3 is 2.45 bits per heavy atom. The Kier molecular flexibility index (Phi) is 9.46. The van der Waals surface area contributed by atoms with Gasteiger partial charge in [0, 0.05) is 37.6 Å². The molecule has 0 radical (unpaired) electrons. The van der Waals surface area contributed by atoms with Gasteiger partial charge in [-0.15, -0.1) is 15.3 Å². The summed E-state index contributed by atoms with van der Waals surface area (Å²) in [6.07, 6.45) is 2.18. The Morgan fingerprint density at radius 2 is 1.82 bits per heavy atom. The first-order valence-electron chi connectivity index (χ1n) is 11.9. The van der Waals surface area contributed by atoms with E-state index in [-0.39, 0.29) is 11.4 Å². The van der Waals surface area contributed by atoms with E-state index in [1.807, 2.05) is 20.8 Å². The SMILES string of the molecule is COCCn1cc(C#N)c(N=Nc2c(NCCNC=O)nc(Nc3c(C)cc(C)cc3C)c(C#N)c2C)n1. The van der Waals surface area contributed by atoms with Crippen molar-refractivity contribution in [3.05, 3.63) is 51.7 Å². The summed E-state index contributed by atoms with van der Waals surface area (Å²) in [7, 11) is 1.58. The topological polar surface area (TPSA) is 165 Å². The second kappa shape index (κ2) is 12.9. The molecule has 1 aromatic carbocycles. The highest BCUT2D eigenvalue weighted by Crippen LogP contribution is 2.37. The third kappa shape index (κ3) is 6.49. The molecule has 2 aromatic heterocycles. The van der Waals surface area contributed by atoms with Crippen LogP contribution in [0, 0.1) is 50.4 Å². The molecule has 1 amide bonds. The minimum atomic E-state index is 0.142. The molecule has 0 aliphatic carbocycles. The maximum absolute atomic E-state index is 10.7. The number of carbonyl (C=O) groups is 1. The van der Waals surface area contributed by atoms with Crippen LogP contribution in [0.4, 0.5) is 28.8 Å². The van der Waals surface area contributed by atoms with Crippen LogP contribution in [0.3, 0.4) is 0 Å². The number of nitrogens with one attached hydrogen (secondary N) is 3. The van der Waals surface area contributed by atoms with Crippen molar-refractivity contribution in [2.45, 2.75) is 34.2 Å². The summed E-state index contributed by atoms with van der Waals surface area (Å²) in [5.74, 6) is 0.870. The molecule has 3 rings (SSSR count). The highest BCUT2D eigenvalue weighted by molar-refractivity contribution is 5.78. The van der Waals surface area contributed by atoms with Gasteiger partial charge in [0.2, 0.25) is 12.2 Å². The minimum Gasteiger partial charge on any atom is -0.383 e. The molecule has 12 nitrogen and oxygen atoms in total. The van der Waals surface area contributed by atoms with E-state index in [2.05, 4.69) is 60.5 Å². The van der Waals surface area contributed by atoms with Crippen molar-refractivity contribution in [1.29, 1.82) is 10.5 Å². The van der Waals surface area contributed by atoms with Crippen molar-refractivity contribution in [2.75, 3.05) is 37.4 Å². The largest absolute Gasteiger partial charge is 0.383 e. The lowest BCUT2D eigenvalue weighted by atomic mass is 10.0. The lowest BCUT2D eigenvalue weighted by Crippen LogP contribution is -2.21. The molecule has 0 fully saturated rings. The summed E-state index contributed by atoms with van der Waals surface area (Å²) >= 11 is 0. The number of aromatic nitrogens is 3. The maximum Gasteiger partial charge on any atom is 0.213 e. The number of hydrogen-bond acceptors (Lipinski definition) is 10. The van der Waals surface area contributed by atoms with Crippen LogP contribution in [0.5, 0.6) is 0 Å². The lowest BCUT2D eigenvalue weighted by molar-refractivity contribution is -0.109. The normalized spacial score (nSPS) is 10.7. The molecule has 0 saturated heterocycles. The number of anilines is 3. The minimum absolute atomic E-state index is 0.142. The molecule has 0 bridgehead atoms. The van der Waals surface area contributed by atoms with E-state index < -0.39 is 0 Å². The van der Waals surface area contributed by atoms with E-state index >= 15 is 0 Å². The van der Waals surface area contributed by atoms with Gasteiger partial charge in [-0.3, -0.25) is 9.48 Å². The molecule has 0 atom stereocenters. The molecule has 12 heteroatoms. The molecule has 0 saturated carbocycles. The highest BCUT2D eigenvalue weighted by Gasteiger charge is 2.19. The van der Waals surface area contributed by atoms with Crippen molar-refractivity contribution in [3.63, 3.8) is 0 Å². The number of pyridine rings is 1. The Labute approximate surface area is 221 Å². The number of amides is 1. The first kappa shape index (κ1) is 27.8. The summed E-state index contributed by atoms with van der Waals surface area (Å²) in [4.78, 5) is 15.4. The van der Waals surface area contributed by atoms with Crippen LogP contribution >= 0.6 is 0 Å². The number of carbonyl (C=O) groups excluding carboxylic acids is 1. The fourth-order valence-corrected chi connectivity index (χ4v) is 3.94. The van der Waals surface area contributed by atoms with Gasteiger partial charge in [0.25, 0.3) is 0 Å². The quantitative estimate of drug-likeness (QED) is 0.184. The first-order valence-corrected chi connectivity index (χ1v) is 11.9. The summed E-state index contributed by atoms with van der Waals surface area (Å²) < 4.78 is 6.63. The predicted molar refractivity (Wildman–Crippen MR) is 143 cm³/mol. The summed E-state index contributed by atoms with van der Waals surface area (Å²) in [5, 5.41) is 41.5. The second-order valence-corrected chi connectivity index (χ2v) is 8.60. The Hall–Kier alpha value is -4.81. The Balaban J connectivity index is 2.07. The molecular weight excluding hydrogens is 484 g/mol. The molecule has 196 valence electrons. The van der Waals surface area contributed by atoms with Crippen LogP contribution < -0.4 is 16.0 Å². The van der Waals surface area contributed by atoms with Crippen molar-refractivity contribution < 1.29 is 9.53 Å². The van der Waals surface area contributed by atoms with E-state index in [1.165, 1.54) is 0 Å². The van der Waals surface area contributed by atoms with Gasteiger partial charge in [0.15, 0.2) is 11.6 Å². The smallest absolute Gasteiger partial charge is 0.213 e. The third-order valence-electron chi connectivity index (χ3n) is 5.72. The van der Waals surface area contributed by atoms with E-state index in [0.717, 1.165) is 22.4 Å². The van der Waals surface area contributed by atoms with Gasteiger partial charge in [-0.25, -0.2) is 4.98 Å². The Morgan fingerprint density at radius 1 is 1.08 bits per heavy atom. The molecule has 3 N–H and O–H groups in total. The van der Waals surface area contributed by atoms with Crippen LogP contribution in [-0.2, 0) is 16.1 Å². The highest BCUT2D eigenvalue weighted by atomic mass is 16.5. The van der Waals surface area contributed by atoms with Gasteiger partial charge >= 0.3 is 0 Å². The lowest BCUT2D eigenvalue weighted by Gasteiger charge is -2.18. The van der Waals surface area contributed by atoms with E-state index in [1.54, 1.807) is 24.9 Å². The summed E-state index contributed by atoms with van der Waals surface area (Å²) in [6, 6.07) is 8.40. The summed E-state index contributed by atoms with van der Waals surface area (Å²) in [5.41, 5.74) is 5.47.